The fourth-order valence-corrected chi connectivity index (χ4v) is 3.11. The van der Waals surface area contributed by atoms with Gasteiger partial charge in [-0.25, -0.2) is 4.79 Å². The third kappa shape index (κ3) is 3.58. The van der Waals surface area contributed by atoms with Crippen LogP contribution in [0.1, 0.15) is 24.0 Å². The Morgan fingerprint density at radius 1 is 1.21 bits per heavy atom. The maximum Gasteiger partial charge on any atom is 0.325 e. The lowest BCUT2D eigenvalue weighted by Gasteiger charge is -2.23. The number of hydrogen-bond acceptors (Lipinski definition) is 5. The predicted octanol–water partition coefficient (Wildman–Crippen LogP) is 2.02. The van der Waals surface area contributed by atoms with Crippen molar-refractivity contribution >= 4 is 17.8 Å². The first kappa shape index (κ1) is 19.5. The third-order valence-corrected chi connectivity index (χ3v) is 4.85. The lowest BCUT2D eigenvalue weighted by atomic mass is 9.92. The van der Waals surface area contributed by atoms with Gasteiger partial charge in [0, 0.05) is 7.05 Å². The van der Waals surface area contributed by atoms with Gasteiger partial charge in [-0.3, -0.25) is 14.5 Å². The zero-order chi connectivity index (χ0) is 20.5. The number of furan rings is 1. The summed E-state index contributed by atoms with van der Waals surface area (Å²) < 4.78 is 10.6. The standard InChI is InChI=1S/C20H23N3O5/c1-13-5-8-16(28-13)11-22(3)17(24)12-23-18(25)20(2,21-19(23)26)14-6-9-15(27-4)10-7-14/h5-10H,11-12H2,1-4H3,(H,21,26)/t20-/m1/s1. The Labute approximate surface area is 163 Å². The second-order valence-electron chi connectivity index (χ2n) is 6.94. The first-order valence-corrected chi connectivity index (χ1v) is 8.82. The average molecular weight is 385 g/mol. The molecule has 0 bridgehead atoms. The molecule has 1 saturated heterocycles. The van der Waals surface area contributed by atoms with Crippen molar-refractivity contribution in [3.8, 4) is 5.75 Å². The van der Waals surface area contributed by atoms with E-state index in [2.05, 4.69) is 5.32 Å². The number of imide groups is 1. The summed E-state index contributed by atoms with van der Waals surface area (Å²) >= 11 is 0. The van der Waals surface area contributed by atoms with E-state index in [0.717, 1.165) is 10.7 Å². The molecule has 2 heterocycles. The molecule has 8 heteroatoms. The number of hydrogen-bond donors (Lipinski definition) is 1. The van der Waals surface area contributed by atoms with E-state index in [1.807, 2.05) is 13.0 Å². The minimum atomic E-state index is -1.24. The molecular weight excluding hydrogens is 362 g/mol. The molecule has 8 nitrogen and oxygen atoms in total. The fraction of sp³-hybridized carbons (Fsp3) is 0.350. The molecule has 0 spiro atoms. The molecule has 1 aromatic carbocycles. The van der Waals surface area contributed by atoms with Gasteiger partial charge in [-0.1, -0.05) is 12.1 Å². The third-order valence-electron chi connectivity index (χ3n) is 4.85. The largest absolute Gasteiger partial charge is 0.497 e. The Kier molecular flexibility index (Phi) is 5.13. The molecule has 2 aromatic rings. The summed E-state index contributed by atoms with van der Waals surface area (Å²) in [7, 11) is 3.15. The number of rotatable bonds is 6. The Hall–Kier alpha value is -3.29. The number of aryl methyl sites for hydroxylation is 1. The number of benzene rings is 1. The summed E-state index contributed by atoms with van der Waals surface area (Å²) in [5.41, 5.74) is -0.624. The lowest BCUT2D eigenvalue weighted by Crippen LogP contribution is -2.43. The Morgan fingerprint density at radius 3 is 2.46 bits per heavy atom. The number of methoxy groups -OCH3 is 1. The molecule has 0 aliphatic carbocycles. The maximum absolute atomic E-state index is 12.9. The highest BCUT2D eigenvalue weighted by Crippen LogP contribution is 2.30. The molecule has 3 rings (SSSR count). The quantitative estimate of drug-likeness (QED) is 0.768. The molecule has 148 valence electrons. The second-order valence-corrected chi connectivity index (χ2v) is 6.94. The number of nitrogens with one attached hydrogen (secondary N) is 1. The maximum atomic E-state index is 12.9. The molecule has 1 aliphatic rings. The van der Waals surface area contributed by atoms with E-state index in [1.165, 1.54) is 4.90 Å². The summed E-state index contributed by atoms with van der Waals surface area (Å²) in [5.74, 6) is 1.19. The summed E-state index contributed by atoms with van der Waals surface area (Å²) in [6, 6.07) is 9.86. The van der Waals surface area contributed by atoms with Gasteiger partial charge < -0.3 is 19.4 Å². The molecule has 4 amide bonds. The van der Waals surface area contributed by atoms with Gasteiger partial charge in [0.05, 0.1) is 13.7 Å². The number of carbonyl (C=O) groups is 3. The van der Waals surface area contributed by atoms with Gasteiger partial charge in [-0.05, 0) is 43.7 Å². The Morgan fingerprint density at radius 2 is 1.89 bits per heavy atom. The molecule has 1 fully saturated rings. The number of likely N-dealkylation sites (N-methyl/N-ethyl adjacent to an activating group) is 1. The fourth-order valence-electron chi connectivity index (χ4n) is 3.11. The summed E-state index contributed by atoms with van der Waals surface area (Å²) in [6.45, 7) is 3.35. The van der Waals surface area contributed by atoms with Gasteiger partial charge in [0.1, 0.15) is 29.4 Å². The molecule has 1 aromatic heterocycles. The molecule has 0 saturated carbocycles. The van der Waals surface area contributed by atoms with Crippen molar-refractivity contribution in [1.82, 2.24) is 15.1 Å². The van der Waals surface area contributed by atoms with Crippen molar-refractivity contribution in [3.05, 3.63) is 53.5 Å². The van der Waals surface area contributed by atoms with Gasteiger partial charge in [0.15, 0.2) is 0 Å². The molecular formula is C20H23N3O5. The molecule has 1 N–H and O–H groups in total. The van der Waals surface area contributed by atoms with Crippen LogP contribution in [0.15, 0.2) is 40.8 Å². The predicted molar refractivity (Wildman–Crippen MR) is 101 cm³/mol. The van der Waals surface area contributed by atoms with Gasteiger partial charge in [-0.2, -0.15) is 0 Å². The Balaban J connectivity index is 1.71. The normalized spacial score (nSPS) is 18.9. The SMILES string of the molecule is COc1ccc([C@@]2(C)NC(=O)N(CC(=O)N(C)Cc3ccc(C)o3)C2=O)cc1. The monoisotopic (exact) mass is 385 g/mol. The Bertz CT molecular complexity index is 905. The van der Waals surface area contributed by atoms with Crippen LogP contribution in [0.25, 0.3) is 0 Å². The van der Waals surface area contributed by atoms with E-state index >= 15 is 0 Å². The van der Waals surface area contributed by atoms with Crippen LogP contribution in [-0.2, 0) is 21.7 Å². The number of urea groups is 1. The van der Waals surface area contributed by atoms with Crippen LogP contribution in [-0.4, -0.2) is 48.3 Å². The van der Waals surface area contributed by atoms with E-state index in [-0.39, 0.29) is 19.0 Å². The molecule has 1 atom stereocenters. The minimum absolute atomic E-state index is 0.256. The van der Waals surface area contributed by atoms with Crippen LogP contribution in [0.2, 0.25) is 0 Å². The van der Waals surface area contributed by atoms with E-state index in [9.17, 15) is 14.4 Å². The first-order chi connectivity index (χ1) is 13.2. The highest BCUT2D eigenvalue weighted by Gasteiger charge is 2.49. The molecule has 28 heavy (non-hydrogen) atoms. The van der Waals surface area contributed by atoms with E-state index in [0.29, 0.717) is 17.1 Å². The minimum Gasteiger partial charge on any atom is -0.497 e. The van der Waals surface area contributed by atoms with Crippen LogP contribution in [0.4, 0.5) is 4.79 Å². The second kappa shape index (κ2) is 7.38. The van der Waals surface area contributed by atoms with Crippen molar-refractivity contribution in [3.63, 3.8) is 0 Å². The number of amides is 4. The lowest BCUT2D eigenvalue weighted by molar-refractivity contribution is -0.138. The zero-order valence-electron chi connectivity index (χ0n) is 16.3. The van der Waals surface area contributed by atoms with Crippen molar-refractivity contribution in [1.29, 1.82) is 0 Å². The van der Waals surface area contributed by atoms with Crippen molar-refractivity contribution in [2.24, 2.45) is 0 Å². The van der Waals surface area contributed by atoms with Gasteiger partial charge in [-0.15, -0.1) is 0 Å². The van der Waals surface area contributed by atoms with Crippen molar-refractivity contribution in [2.75, 3.05) is 20.7 Å². The smallest absolute Gasteiger partial charge is 0.325 e. The summed E-state index contributed by atoms with van der Waals surface area (Å²) in [5, 5.41) is 2.69. The number of carbonyl (C=O) groups excluding carboxylic acids is 3. The van der Waals surface area contributed by atoms with Gasteiger partial charge in [0.25, 0.3) is 5.91 Å². The first-order valence-electron chi connectivity index (χ1n) is 8.82. The molecule has 1 aliphatic heterocycles. The van der Waals surface area contributed by atoms with Crippen molar-refractivity contribution < 1.29 is 23.5 Å². The van der Waals surface area contributed by atoms with E-state index < -0.39 is 17.5 Å². The van der Waals surface area contributed by atoms with E-state index in [1.54, 1.807) is 51.4 Å². The van der Waals surface area contributed by atoms with Gasteiger partial charge >= 0.3 is 6.03 Å². The van der Waals surface area contributed by atoms with Crippen LogP contribution in [0, 0.1) is 6.92 Å². The van der Waals surface area contributed by atoms with E-state index in [4.69, 9.17) is 9.15 Å². The number of ether oxygens (including phenoxy) is 1. The van der Waals surface area contributed by atoms with Crippen LogP contribution < -0.4 is 10.1 Å². The molecule has 0 radical (unpaired) electrons. The topological polar surface area (TPSA) is 92.1 Å². The highest BCUT2D eigenvalue weighted by molar-refractivity contribution is 6.09. The van der Waals surface area contributed by atoms with Gasteiger partial charge in [0.2, 0.25) is 5.91 Å². The van der Waals surface area contributed by atoms with Crippen LogP contribution in [0.3, 0.4) is 0 Å². The van der Waals surface area contributed by atoms with Crippen LogP contribution >= 0.6 is 0 Å². The van der Waals surface area contributed by atoms with Crippen LogP contribution in [0.5, 0.6) is 5.75 Å². The summed E-state index contributed by atoms with van der Waals surface area (Å²) in [6.07, 6.45) is 0. The summed E-state index contributed by atoms with van der Waals surface area (Å²) in [4.78, 5) is 40.2. The van der Waals surface area contributed by atoms with Crippen molar-refractivity contribution in [2.45, 2.75) is 25.9 Å². The number of nitrogens with zero attached hydrogens (tertiary/aromatic N) is 2. The zero-order valence-corrected chi connectivity index (χ0v) is 16.3. The molecule has 0 unspecified atom stereocenters. The average Bonchev–Trinajstić information content (AvgIpc) is 3.18. The highest BCUT2D eigenvalue weighted by atomic mass is 16.5.